The first-order valence-electron chi connectivity index (χ1n) is 6.93. The quantitative estimate of drug-likeness (QED) is 0.744. The van der Waals surface area contributed by atoms with E-state index in [0.29, 0.717) is 17.9 Å². The van der Waals surface area contributed by atoms with E-state index in [2.05, 4.69) is 27.9 Å². The minimum absolute atomic E-state index is 0.0271. The number of para-hydroxylation sites is 1. The van der Waals surface area contributed by atoms with Crippen LogP contribution in [0.15, 0.2) is 30.5 Å². The zero-order valence-corrected chi connectivity index (χ0v) is 11.7. The molecule has 5 heteroatoms. The van der Waals surface area contributed by atoms with Gasteiger partial charge in [0.1, 0.15) is 5.82 Å². The maximum atomic E-state index is 10.6. The van der Waals surface area contributed by atoms with E-state index in [1.165, 1.54) is 5.56 Å². The Morgan fingerprint density at radius 2 is 2.10 bits per heavy atom. The zero-order valence-electron chi connectivity index (χ0n) is 11.7. The van der Waals surface area contributed by atoms with Gasteiger partial charge in [0, 0.05) is 23.4 Å². The highest BCUT2D eigenvalue weighted by Gasteiger charge is 2.07. The number of hydrogen-bond donors (Lipinski definition) is 1. The second kappa shape index (κ2) is 5.44. The van der Waals surface area contributed by atoms with Crippen molar-refractivity contribution in [3.63, 3.8) is 0 Å². The number of hydrogen-bond acceptors (Lipinski definition) is 4. The summed E-state index contributed by atoms with van der Waals surface area (Å²) in [6.07, 6.45) is 2.97. The van der Waals surface area contributed by atoms with Gasteiger partial charge < -0.3 is 5.11 Å². The Morgan fingerprint density at radius 3 is 2.86 bits per heavy atom. The van der Waals surface area contributed by atoms with Crippen LogP contribution in [0.2, 0.25) is 0 Å². The number of benzene rings is 1. The minimum atomic E-state index is -0.849. The van der Waals surface area contributed by atoms with Crippen molar-refractivity contribution >= 4 is 27.9 Å². The maximum absolute atomic E-state index is 10.6. The predicted octanol–water partition coefficient (Wildman–Crippen LogP) is 2.76. The van der Waals surface area contributed by atoms with Crippen LogP contribution in [-0.4, -0.2) is 26.0 Å². The molecule has 3 rings (SSSR count). The molecular formula is C16H15N3O2. The molecule has 0 atom stereocenters. The summed E-state index contributed by atoms with van der Waals surface area (Å²) >= 11 is 0. The first kappa shape index (κ1) is 13.4. The Bertz CT molecular complexity index is 830. The third kappa shape index (κ3) is 2.67. The van der Waals surface area contributed by atoms with Crippen LogP contribution >= 0.6 is 0 Å². The summed E-state index contributed by atoms with van der Waals surface area (Å²) in [6.45, 7) is 2.10. The molecule has 0 aliphatic rings. The van der Waals surface area contributed by atoms with Crippen molar-refractivity contribution < 1.29 is 9.90 Å². The van der Waals surface area contributed by atoms with Crippen LogP contribution in [0.5, 0.6) is 0 Å². The molecule has 106 valence electrons. The molecule has 3 aromatic rings. The molecule has 0 aliphatic heterocycles. The lowest BCUT2D eigenvalue weighted by Crippen LogP contribution is -2.02. The Kier molecular flexibility index (Phi) is 3.48. The van der Waals surface area contributed by atoms with Gasteiger partial charge in [-0.15, -0.1) is 0 Å². The minimum Gasteiger partial charge on any atom is -0.481 e. The van der Waals surface area contributed by atoms with E-state index < -0.39 is 5.97 Å². The lowest BCUT2D eigenvalue weighted by atomic mass is 10.1. The normalized spacial score (nSPS) is 11.1. The molecule has 0 unspecified atom stereocenters. The average molecular weight is 281 g/mol. The average Bonchev–Trinajstić information content (AvgIpc) is 2.50. The van der Waals surface area contributed by atoms with Crippen molar-refractivity contribution in [1.29, 1.82) is 0 Å². The summed E-state index contributed by atoms with van der Waals surface area (Å²) in [5.74, 6) is -0.329. The molecule has 0 spiro atoms. The van der Waals surface area contributed by atoms with E-state index in [1.54, 1.807) is 6.20 Å². The monoisotopic (exact) mass is 281 g/mol. The Balaban J connectivity index is 2.11. The molecule has 21 heavy (non-hydrogen) atoms. The number of carboxylic acid groups (broad SMARTS) is 1. The van der Waals surface area contributed by atoms with E-state index in [4.69, 9.17) is 5.11 Å². The number of carbonyl (C=O) groups is 1. The summed E-state index contributed by atoms with van der Waals surface area (Å²) in [4.78, 5) is 23.9. The van der Waals surface area contributed by atoms with Crippen LogP contribution in [-0.2, 0) is 17.6 Å². The molecule has 5 nitrogen and oxygen atoms in total. The van der Waals surface area contributed by atoms with Crippen molar-refractivity contribution in [2.24, 2.45) is 0 Å². The van der Waals surface area contributed by atoms with Gasteiger partial charge in [0.15, 0.2) is 5.65 Å². The second-order valence-electron chi connectivity index (χ2n) is 4.92. The number of rotatable bonds is 4. The van der Waals surface area contributed by atoms with Gasteiger partial charge in [-0.05, 0) is 18.1 Å². The number of nitrogens with zero attached hydrogens (tertiary/aromatic N) is 3. The molecule has 0 aliphatic carbocycles. The molecule has 2 aromatic heterocycles. The number of aryl methyl sites for hydroxylation is 2. The number of pyridine rings is 1. The molecule has 1 aromatic carbocycles. The summed E-state index contributed by atoms with van der Waals surface area (Å²) in [6, 6.07) is 8.14. The molecule has 0 saturated heterocycles. The highest BCUT2D eigenvalue weighted by atomic mass is 16.4. The molecule has 0 radical (unpaired) electrons. The standard InChI is InChI=1S/C16H15N3O2/c1-2-10-4-3-5-11-8-12-9-17-13(6-7-14(20)21)18-16(12)19-15(10)11/h3-5,8-9H,2,6-7H2,1H3,(H,20,21). The van der Waals surface area contributed by atoms with E-state index in [0.717, 1.165) is 22.7 Å². The highest BCUT2D eigenvalue weighted by Crippen LogP contribution is 2.21. The van der Waals surface area contributed by atoms with Gasteiger partial charge in [0.2, 0.25) is 0 Å². The molecule has 0 saturated carbocycles. The first-order chi connectivity index (χ1) is 10.2. The first-order valence-corrected chi connectivity index (χ1v) is 6.93. The van der Waals surface area contributed by atoms with Gasteiger partial charge >= 0.3 is 5.97 Å². The highest BCUT2D eigenvalue weighted by molar-refractivity contribution is 5.92. The molecule has 0 amide bonds. The summed E-state index contributed by atoms with van der Waals surface area (Å²) < 4.78 is 0. The van der Waals surface area contributed by atoms with Gasteiger partial charge in [-0.1, -0.05) is 25.1 Å². The largest absolute Gasteiger partial charge is 0.481 e. The van der Waals surface area contributed by atoms with Gasteiger partial charge in [-0.2, -0.15) is 0 Å². The fourth-order valence-corrected chi connectivity index (χ4v) is 2.37. The van der Waals surface area contributed by atoms with Crippen molar-refractivity contribution in [1.82, 2.24) is 15.0 Å². The Morgan fingerprint density at radius 1 is 1.24 bits per heavy atom. The van der Waals surface area contributed by atoms with Gasteiger partial charge in [-0.3, -0.25) is 4.79 Å². The molecule has 0 bridgehead atoms. The molecular weight excluding hydrogens is 266 g/mol. The fourth-order valence-electron chi connectivity index (χ4n) is 2.37. The Labute approximate surface area is 121 Å². The number of aromatic nitrogens is 3. The van der Waals surface area contributed by atoms with Crippen LogP contribution < -0.4 is 0 Å². The zero-order chi connectivity index (χ0) is 14.8. The number of aliphatic carboxylic acids is 1. The lowest BCUT2D eigenvalue weighted by molar-refractivity contribution is -0.137. The van der Waals surface area contributed by atoms with Crippen molar-refractivity contribution in [3.05, 3.63) is 41.9 Å². The van der Waals surface area contributed by atoms with Gasteiger partial charge in [0.25, 0.3) is 0 Å². The molecule has 0 fully saturated rings. The van der Waals surface area contributed by atoms with Crippen LogP contribution in [0.3, 0.4) is 0 Å². The second-order valence-corrected chi connectivity index (χ2v) is 4.92. The number of fused-ring (bicyclic) bond motifs is 2. The van der Waals surface area contributed by atoms with Crippen LogP contribution in [0.4, 0.5) is 0 Å². The smallest absolute Gasteiger partial charge is 0.303 e. The summed E-state index contributed by atoms with van der Waals surface area (Å²) in [5.41, 5.74) is 2.76. The van der Waals surface area contributed by atoms with Crippen molar-refractivity contribution in [2.75, 3.05) is 0 Å². The Hall–Kier alpha value is -2.56. The van der Waals surface area contributed by atoms with E-state index >= 15 is 0 Å². The molecule has 2 heterocycles. The van der Waals surface area contributed by atoms with Gasteiger partial charge in [0.05, 0.1) is 11.9 Å². The number of carboxylic acids is 1. The van der Waals surface area contributed by atoms with Crippen LogP contribution in [0.25, 0.3) is 21.9 Å². The third-order valence-corrected chi connectivity index (χ3v) is 3.47. The predicted molar refractivity (Wildman–Crippen MR) is 80.2 cm³/mol. The van der Waals surface area contributed by atoms with E-state index in [-0.39, 0.29) is 6.42 Å². The van der Waals surface area contributed by atoms with Gasteiger partial charge in [-0.25, -0.2) is 15.0 Å². The lowest BCUT2D eigenvalue weighted by Gasteiger charge is -2.06. The van der Waals surface area contributed by atoms with Crippen LogP contribution in [0.1, 0.15) is 24.7 Å². The fraction of sp³-hybridized carbons (Fsp3) is 0.250. The topological polar surface area (TPSA) is 76.0 Å². The van der Waals surface area contributed by atoms with Crippen molar-refractivity contribution in [2.45, 2.75) is 26.2 Å². The van der Waals surface area contributed by atoms with Crippen LogP contribution in [0, 0.1) is 0 Å². The SMILES string of the molecule is CCc1cccc2cc3cnc(CCC(=O)O)nc3nc12. The van der Waals surface area contributed by atoms with Crippen molar-refractivity contribution in [3.8, 4) is 0 Å². The molecule has 1 N–H and O–H groups in total. The van der Waals surface area contributed by atoms with E-state index in [9.17, 15) is 4.79 Å². The summed E-state index contributed by atoms with van der Waals surface area (Å²) in [5, 5.41) is 10.7. The third-order valence-electron chi connectivity index (χ3n) is 3.47. The summed E-state index contributed by atoms with van der Waals surface area (Å²) in [7, 11) is 0. The maximum Gasteiger partial charge on any atom is 0.303 e. The van der Waals surface area contributed by atoms with E-state index in [1.807, 2.05) is 18.2 Å².